The van der Waals surface area contributed by atoms with Gasteiger partial charge in [0.1, 0.15) is 11.9 Å². The van der Waals surface area contributed by atoms with Crippen LogP contribution in [0.5, 0.6) is 5.75 Å². The number of halogens is 1. The van der Waals surface area contributed by atoms with Crippen molar-refractivity contribution in [2.24, 2.45) is 5.10 Å². The molecule has 2 aliphatic heterocycles. The number of cyclic esters (lactones) is 1. The van der Waals surface area contributed by atoms with Crippen molar-refractivity contribution in [2.45, 2.75) is 6.10 Å². The molecule has 0 aliphatic carbocycles. The molecule has 0 N–H and O–H groups in total. The van der Waals surface area contributed by atoms with Gasteiger partial charge in [-0.15, -0.1) is 0 Å². The van der Waals surface area contributed by atoms with Crippen LogP contribution in [0.2, 0.25) is 0 Å². The number of morpholine rings is 1. The van der Waals surface area contributed by atoms with Crippen molar-refractivity contribution in [3.8, 4) is 5.75 Å². The molecule has 1 atom stereocenters. The first-order valence-corrected chi connectivity index (χ1v) is 8.61. The van der Waals surface area contributed by atoms with Crippen LogP contribution in [0.3, 0.4) is 0 Å². The molecule has 24 heavy (non-hydrogen) atoms. The second-order valence-electron chi connectivity index (χ2n) is 5.63. The van der Waals surface area contributed by atoms with Gasteiger partial charge in [-0.2, -0.15) is 10.1 Å². The van der Waals surface area contributed by atoms with Crippen LogP contribution in [-0.4, -0.2) is 74.8 Å². The van der Waals surface area contributed by atoms with Gasteiger partial charge < -0.3 is 14.2 Å². The molecule has 0 saturated carbocycles. The van der Waals surface area contributed by atoms with Gasteiger partial charge in [0.15, 0.2) is 0 Å². The van der Waals surface area contributed by atoms with E-state index in [4.69, 9.17) is 14.2 Å². The van der Waals surface area contributed by atoms with Crippen molar-refractivity contribution in [3.63, 3.8) is 0 Å². The lowest BCUT2D eigenvalue weighted by Crippen LogP contribution is -2.41. The molecular weight excluding hydrogens is 378 g/mol. The number of benzene rings is 1. The molecular formula is C16H20BrN3O4. The number of methoxy groups -OCH3 is 1. The molecule has 7 nitrogen and oxygen atoms in total. The Morgan fingerprint density at radius 2 is 2.21 bits per heavy atom. The van der Waals surface area contributed by atoms with E-state index >= 15 is 0 Å². The Hall–Kier alpha value is -1.64. The Kier molecular flexibility index (Phi) is 5.70. The molecule has 1 aromatic carbocycles. The SMILES string of the molecule is COc1ccc(Br)cc1/C=N/N1CC(CN2CCOCC2)OC1=O. The van der Waals surface area contributed by atoms with E-state index in [0.29, 0.717) is 18.8 Å². The topological polar surface area (TPSA) is 63.6 Å². The Morgan fingerprint density at radius 3 is 2.96 bits per heavy atom. The van der Waals surface area contributed by atoms with Gasteiger partial charge in [0.2, 0.25) is 0 Å². The predicted octanol–water partition coefficient (Wildman–Crippen LogP) is 1.94. The summed E-state index contributed by atoms with van der Waals surface area (Å²) in [6.07, 6.45) is 1.03. The molecule has 3 rings (SSSR count). The molecule has 130 valence electrons. The number of hydrazone groups is 1. The van der Waals surface area contributed by atoms with E-state index < -0.39 is 6.09 Å². The number of ether oxygens (including phenoxy) is 3. The summed E-state index contributed by atoms with van der Waals surface area (Å²) in [5.41, 5.74) is 0.788. The Bertz CT molecular complexity index is 619. The van der Waals surface area contributed by atoms with E-state index in [-0.39, 0.29) is 6.10 Å². The lowest BCUT2D eigenvalue weighted by atomic mass is 10.2. The summed E-state index contributed by atoms with van der Waals surface area (Å²) in [6.45, 7) is 4.35. The lowest BCUT2D eigenvalue weighted by Gasteiger charge is -2.27. The first-order valence-electron chi connectivity index (χ1n) is 7.81. The summed E-state index contributed by atoms with van der Waals surface area (Å²) < 4.78 is 16.9. The van der Waals surface area contributed by atoms with Crippen LogP contribution in [0, 0.1) is 0 Å². The third-order valence-electron chi connectivity index (χ3n) is 3.95. The minimum atomic E-state index is -0.418. The number of carbonyl (C=O) groups is 1. The van der Waals surface area contributed by atoms with Gasteiger partial charge in [-0.25, -0.2) is 4.79 Å². The molecule has 0 aromatic heterocycles. The van der Waals surface area contributed by atoms with Crippen molar-refractivity contribution in [3.05, 3.63) is 28.2 Å². The molecule has 2 saturated heterocycles. The quantitative estimate of drug-likeness (QED) is 0.710. The van der Waals surface area contributed by atoms with Crippen LogP contribution in [-0.2, 0) is 9.47 Å². The van der Waals surface area contributed by atoms with Crippen molar-refractivity contribution in [2.75, 3.05) is 46.5 Å². The van der Waals surface area contributed by atoms with Crippen molar-refractivity contribution in [1.82, 2.24) is 9.91 Å². The molecule has 0 bridgehead atoms. The van der Waals surface area contributed by atoms with Gasteiger partial charge in [0, 0.05) is 29.7 Å². The van der Waals surface area contributed by atoms with Crippen LogP contribution >= 0.6 is 15.9 Å². The van der Waals surface area contributed by atoms with E-state index in [2.05, 4.69) is 25.9 Å². The zero-order chi connectivity index (χ0) is 16.9. The fraction of sp³-hybridized carbons (Fsp3) is 0.500. The van der Waals surface area contributed by atoms with E-state index in [1.807, 2.05) is 18.2 Å². The predicted molar refractivity (Wildman–Crippen MR) is 92.5 cm³/mol. The highest BCUT2D eigenvalue weighted by atomic mass is 79.9. The van der Waals surface area contributed by atoms with Crippen LogP contribution < -0.4 is 4.74 Å². The number of amides is 1. The summed E-state index contributed by atoms with van der Waals surface area (Å²) in [5, 5.41) is 5.61. The molecule has 2 aliphatic rings. The van der Waals surface area contributed by atoms with Crippen LogP contribution in [0.15, 0.2) is 27.8 Å². The third kappa shape index (κ3) is 4.25. The molecule has 2 fully saturated rings. The molecule has 0 spiro atoms. The number of hydrogen-bond acceptors (Lipinski definition) is 6. The number of hydrogen-bond donors (Lipinski definition) is 0. The second-order valence-corrected chi connectivity index (χ2v) is 6.55. The highest BCUT2D eigenvalue weighted by molar-refractivity contribution is 9.10. The van der Waals surface area contributed by atoms with Gasteiger partial charge >= 0.3 is 6.09 Å². The average molecular weight is 398 g/mol. The fourth-order valence-electron chi connectivity index (χ4n) is 2.71. The normalized spacial score (nSPS) is 22.2. The van der Waals surface area contributed by atoms with Crippen LogP contribution in [0.1, 0.15) is 5.56 Å². The van der Waals surface area contributed by atoms with Gasteiger partial charge in [-0.3, -0.25) is 4.90 Å². The zero-order valence-electron chi connectivity index (χ0n) is 13.5. The maximum absolute atomic E-state index is 12.0. The van der Waals surface area contributed by atoms with Crippen molar-refractivity contribution >= 4 is 28.2 Å². The minimum Gasteiger partial charge on any atom is -0.496 e. The van der Waals surface area contributed by atoms with Gasteiger partial charge in [-0.05, 0) is 18.2 Å². The lowest BCUT2D eigenvalue weighted by molar-refractivity contribution is 0.0188. The van der Waals surface area contributed by atoms with Crippen molar-refractivity contribution in [1.29, 1.82) is 0 Å². The highest BCUT2D eigenvalue weighted by Gasteiger charge is 2.32. The fourth-order valence-corrected chi connectivity index (χ4v) is 3.09. The average Bonchev–Trinajstić information content (AvgIpc) is 2.93. The summed E-state index contributed by atoms with van der Waals surface area (Å²) >= 11 is 3.42. The minimum absolute atomic E-state index is 0.169. The number of rotatable bonds is 5. The van der Waals surface area contributed by atoms with Crippen molar-refractivity contribution < 1.29 is 19.0 Å². The van der Waals surface area contributed by atoms with Crippen LogP contribution in [0.25, 0.3) is 0 Å². The molecule has 1 amide bonds. The Labute approximate surface area is 149 Å². The van der Waals surface area contributed by atoms with E-state index in [9.17, 15) is 4.79 Å². The van der Waals surface area contributed by atoms with E-state index in [1.165, 1.54) is 5.01 Å². The largest absolute Gasteiger partial charge is 0.496 e. The molecule has 2 heterocycles. The summed E-state index contributed by atoms with van der Waals surface area (Å²) in [5.74, 6) is 0.694. The Balaban J connectivity index is 1.61. The molecule has 0 radical (unpaired) electrons. The molecule has 8 heteroatoms. The second kappa shape index (κ2) is 7.96. The smallest absolute Gasteiger partial charge is 0.430 e. The summed E-state index contributed by atoms with van der Waals surface area (Å²) in [6, 6.07) is 5.61. The highest BCUT2D eigenvalue weighted by Crippen LogP contribution is 2.22. The summed E-state index contributed by atoms with van der Waals surface area (Å²) in [7, 11) is 1.60. The maximum Gasteiger partial charge on any atom is 0.430 e. The Morgan fingerprint density at radius 1 is 1.42 bits per heavy atom. The first-order chi connectivity index (χ1) is 11.7. The van der Waals surface area contributed by atoms with Gasteiger partial charge in [0.25, 0.3) is 0 Å². The molecule has 1 unspecified atom stereocenters. The van der Waals surface area contributed by atoms with Crippen LogP contribution in [0.4, 0.5) is 4.79 Å². The van der Waals surface area contributed by atoms with Gasteiger partial charge in [-0.1, -0.05) is 15.9 Å². The third-order valence-corrected chi connectivity index (χ3v) is 4.44. The zero-order valence-corrected chi connectivity index (χ0v) is 15.1. The first kappa shape index (κ1) is 17.2. The number of carbonyl (C=O) groups excluding carboxylic acids is 1. The maximum atomic E-state index is 12.0. The summed E-state index contributed by atoms with van der Waals surface area (Å²) in [4.78, 5) is 14.2. The van der Waals surface area contributed by atoms with E-state index in [1.54, 1.807) is 13.3 Å². The van der Waals surface area contributed by atoms with Gasteiger partial charge in [0.05, 0.1) is 33.1 Å². The number of nitrogens with zero attached hydrogens (tertiary/aromatic N) is 3. The van der Waals surface area contributed by atoms with E-state index in [0.717, 1.165) is 36.3 Å². The monoisotopic (exact) mass is 397 g/mol. The molecule has 1 aromatic rings. The standard InChI is InChI=1S/C16H20BrN3O4/c1-22-15-3-2-13(17)8-12(15)9-18-20-11-14(24-16(20)21)10-19-4-6-23-7-5-19/h2-3,8-9,14H,4-7,10-11H2,1H3/b18-9+.